The van der Waals surface area contributed by atoms with Crippen LogP contribution >= 0.6 is 0 Å². The van der Waals surface area contributed by atoms with E-state index in [0.29, 0.717) is 31.6 Å². The molecule has 0 unspecified atom stereocenters. The van der Waals surface area contributed by atoms with Gasteiger partial charge in [-0.15, -0.1) is 0 Å². The Morgan fingerprint density at radius 2 is 1.41 bits per heavy atom. The summed E-state index contributed by atoms with van der Waals surface area (Å²) in [5.74, 6) is 0.720. The Hall–Kier alpha value is -3.76. The Morgan fingerprint density at radius 3 is 2.08 bits per heavy atom. The summed E-state index contributed by atoms with van der Waals surface area (Å²) in [6, 6.07) is 25.8. The first kappa shape index (κ1) is 37.0. The maximum absolute atomic E-state index is 13.8. The molecule has 2 aliphatic heterocycles. The number of ether oxygens (including phenoxy) is 2. The molecule has 9 heteroatoms. The Bertz CT molecular complexity index is 1580. The van der Waals surface area contributed by atoms with Crippen LogP contribution in [0.1, 0.15) is 106 Å². The lowest BCUT2D eigenvalue weighted by atomic mass is 9.75. The number of hydrogen-bond donors (Lipinski definition) is 4. The number of nitrogens with one attached hydrogen (secondary N) is 3. The number of nitrogens with zero attached hydrogens (tertiary/aromatic N) is 1. The fourth-order valence-corrected chi connectivity index (χ4v) is 8.08. The predicted octanol–water partition coefficient (Wildman–Crippen LogP) is 6.91. The fraction of sp³-hybridized carbons (Fsp3) is 0.524. The molecule has 0 aromatic heterocycles. The average Bonchev–Trinajstić information content (AvgIpc) is 3.14. The molecule has 3 aliphatic rings. The molecule has 2 heterocycles. The molecule has 51 heavy (non-hydrogen) atoms. The third-order valence-corrected chi connectivity index (χ3v) is 10.8. The molecule has 6 rings (SSSR count). The highest BCUT2D eigenvalue weighted by Crippen LogP contribution is 2.44. The zero-order valence-electron chi connectivity index (χ0n) is 30.6. The van der Waals surface area contributed by atoms with Crippen molar-refractivity contribution < 1.29 is 24.2 Å². The normalized spacial score (nSPS) is 26.9. The minimum absolute atomic E-state index is 0.00870. The summed E-state index contributed by atoms with van der Waals surface area (Å²) in [5, 5.41) is 18.8. The van der Waals surface area contributed by atoms with E-state index in [4.69, 9.17) is 9.47 Å². The lowest BCUT2D eigenvalue weighted by Gasteiger charge is -2.51. The molecule has 0 bridgehead atoms. The molecule has 274 valence electrons. The van der Waals surface area contributed by atoms with Crippen LogP contribution in [0.5, 0.6) is 0 Å². The van der Waals surface area contributed by atoms with Crippen LogP contribution < -0.4 is 16.0 Å². The SMILES string of the molecule is C[C@@H]1[C@H](CN2[C@@H](C(=O)NC(C)(C)C)CC[C@H]3CCCC[C@H]32)O[C@H](c2ccc(CNC(=O)NCc3ccccc3)cc2)O[C@@H]1c1ccc(CO)cc1. The van der Waals surface area contributed by atoms with Gasteiger partial charge in [0, 0.05) is 42.7 Å². The van der Waals surface area contributed by atoms with Crippen molar-refractivity contribution in [3.8, 4) is 0 Å². The molecule has 2 saturated heterocycles. The van der Waals surface area contributed by atoms with Crippen LogP contribution in [0.15, 0.2) is 78.9 Å². The maximum Gasteiger partial charge on any atom is 0.315 e. The molecule has 9 nitrogen and oxygen atoms in total. The molecule has 0 radical (unpaired) electrons. The van der Waals surface area contributed by atoms with Gasteiger partial charge in [0.05, 0.1) is 24.9 Å². The quantitative estimate of drug-likeness (QED) is 0.183. The number of benzene rings is 3. The lowest BCUT2D eigenvalue weighted by molar-refractivity contribution is -0.278. The van der Waals surface area contributed by atoms with Crippen LogP contribution in [0.3, 0.4) is 0 Å². The largest absolute Gasteiger partial charge is 0.392 e. The van der Waals surface area contributed by atoms with Crippen LogP contribution in [0.25, 0.3) is 0 Å². The molecule has 1 saturated carbocycles. The minimum atomic E-state index is -0.612. The third kappa shape index (κ3) is 9.57. The van der Waals surface area contributed by atoms with E-state index in [1.165, 1.54) is 19.3 Å². The van der Waals surface area contributed by atoms with E-state index in [1.807, 2.05) is 99.6 Å². The van der Waals surface area contributed by atoms with Gasteiger partial charge in [-0.3, -0.25) is 9.69 Å². The summed E-state index contributed by atoms with van der Waals surface area (Å²) in [6.07, 6.45) is 5.68. The van der Waals surface area contributed by atoms with Crippen molar-refractivity contribution in [3.05, 3.63) is 107 Å². The highest BCUT2D eigenvalue weighted by atomic mass is 16.7. The van der Waals surface area contributed by atoms with Crippen molar-refractivity contribution in [1.29, 1.82) is 0 Å². The Labute approximate surface area is 303 Å². The van der Waals surface area contributed by atoms with E-state index < -0.39 is 6.29 Å². The summed E-state index contributed by atoms with van der Waals surface area (Å²) in [7, 11) is 0. The van der Waals surface area contributed by atoms with Crippen molar-refractivity contribution in [1.82, 2.24) is 20.9 Å². The van der Waals surface area contributed by atoms with Crippen LogP contribution in [0, 0.1) is 11.8 Å². The zero-order valence-corrected chi connectivity index (χ0v) is 30.6. The lowest BCUT2D eigenvalue weighted by Crippen LogP contribution is -2.61. The highest BCUT2D eigenvalue weighted by Gasteiger charge is 2.46. The molecule has 7 atom stereocenters. The monoisotopic (exact) mass is 696 g/mol. The Kier molecular flexibility index (Phi) is 12.1. The summed E-state index contributed by atoms with van der Waals surface area (Å²) in [5.41, 5.74) is 4.50. The molecule has 3 amide bonds. The first-order valence-corrected chi connectivity index (χ1v) is 18.8. The van der Waals surface area contributed by atoms with Gasteiger partial charge >= 0.3 is 6.03 Å². The smallest absolute Gasteiger partial charge is 0.315 e. The molecule has 0 spiro atoms. The van der Waals surface area contributed by atoms with Gasteiger partial charge in [-0.25, -0.2) is 4.79 Å². The van der Waals surface area contributed by atoms with Crippen LogP contribution in [0.4, 0.5) is 4.79 Å². The van der Waals surface area contributed by atoms with E-state index in [1.54, 1.807) is 0 Å². The number of piperidine rings is 1. The van der Waals surface area contributed by atoms with E-state index >= 15 is 0 Å². The standard InChI is InChI=1S/C42H56N4O5/c1-28-37(26-46-35-13-9-8-12-32(35)22-23-36(46)39(48)45-42(2,3)4)50-40(51-38(28)33-18-16-31(27-47)17-19-33)34-20-14-30(15-21-34)25-44-41(49)43-24-29-10-6-5-7-11-29/h5-7,10-11,14-21,28,32,35-38,40,47H,8-9,12-13,22-27H2,1-4H3,(H,45,48)(H2,43,44,49)/t28-,32-,35-,36-,37+,38+,40+/m1/s1. The van der Waals surface area contributed by atoms with Crippen LogP contribution in [-0.4, -0.2) is 52.2 Å². The Morgan fingerprint density at radius 1 is 0.784 bits per heavy atom. The van der Waals surface area contributed by atoms with Gasteiger partial charge in [-0.05, 0) is 74.6 Å². The highest BCUT2D eigenvalue weighted by molar-refractivity contribution is 5.82. The number of urea groups is 1. The number of likely N-dealkylation sites (tertiary alicyclic amines) is 1. The van der Waals surface area contributed by atoms with E-state index in [-0.39, 0.29) is 48.3 Å². The number of fused-ring (bicyclic) bond motifs is 1. The summed E-state index contributed by atoms with van der Waals surface area (Å²) in [6.45, 7) is 9.82. The van der Waals surface area contributed by atoms with Crippen LogP contribution in [0.2, 0.25) is 0 Å². The molecule has 4 N–H and O–H groups in total. The fourth-order valence-electron chi connectivity index (χ4n) is 8.08. The number of aliphatic hydroxyl groups is 1. The van der Waals surface area contributed by atoms with Crippen molar-refractivity contribution in [2.75, 3.05) is 6.54 Å². The number of rotatable bonds is 10. The summed E-state index contributed by atoms with van der Waals surface area (Å²) >= 11 is 0. The zero-order chi connectivity index (χ0) is 36.0. The topological polar surface area (TPSA) is 112 Å². The van der Waals surface area contributed by atoms with Gasteiger partial charge in [0.1, 0.15) is 0 Å². The predicted molar refractivity (Wildman–Crippen MR) is 198 cm³/mol. The van der Waals surface area contributed by atoms with Crippen molar-refractivity contribution in [2.45, 2.75) is 122 Å². The number of amides is 3. The van der Waals surface area contributed by atoms with Gasteiger partial charge < -0.3 is 30.5 Å². The average molecular weight is 697 g/mol. The van der Waals surface area contributed by atoms with E-state index in [0.717, 1.165) is 47.1 Å². The molecular weight excluding hydrogens is 640 g/mol. The number of aliphatic hydroxyl groups excluding tert-OH is 1. The van der Waals surface area contributed by atoms with E-state index in [2.05, 4.69) is 27.8 Å². The van der Waals surface area contributed by atoms with Gasteiger partial charge in [-0.1, -0.05) is 98.6 Å². The summed E-state index contributed by atoms with van der Waals surface area (Å²) in [4.78, 5) is 28.8. The van der Waals surface area contributed by atoms with Gasteiger partial charge in [0.2, 0.25) is 5.91 Å². The maximum atomic E-state index is 13.8. The van der Waals surface area contributed by atoms with Crippen molar-refractivity contribution >= 4 is 11.9 Å². The van der Waals surface area contributed by atoms with Gasteiger partial charge in [0.15, 0.2) is 6.29 Å². The number of carbonyl (C=O) groups excluding carboxylic acids is 2. The second-order valence-corrected chi connectivity index (χ2v) is 15.7. The Balaban J connectivity index is 1.20. The van der Waals surface area contributed by atoms with Crippen molar-refractivity contribution in [3.63, 3.8) is 0 Å². The molecule has 1 aliphatic carbocycles. The second-order valence-electron chi connectivity index (χ2n) is 15.7. The number of hydrogen-bond acceptors (Lipinski definition) is 6. The van der Waals surface area contributed by atoms with Gasteiger partial charge in [0.25, 0.3) is 0 Å². The molecular formula is C42H56N4O5. The number of carbonyl (C=O) groups is 2. The minimum Gasteiger partial charge on any atom is -0.392 e. The summed E-state index contributed by atoms with van der Waals surface area (Å²) < 4.78 is 13.6. The van der Waals surface area contributed by atoms with E-state index in [9.17, 15) is 14.7 Å². The third-order valence-electron chi connectivity index (χ3n) is 10.8. The van der Waals surface area contributed by atoms with Crippen molar-refractivity contribution in [2.24, 2.45) is 11.8 Å². The van der Waals surface area contributed by atoms with Crippen LogP contribution in [-0.2, 0) is 34.0 Å². The van der Waals surface area contributed by atoms with Gasteiger partial charge in [-0.2, -0.15) is 0 Å². The molecule has 3 aromatic rings. The first-order chi connectivity index (χ1) is 24.6. The second kappa shape index (κ2) is 16.7. The first-order valence-electron chi connectivity index (χ1n) is 18.8. The molecule has 3 aromatic carbocycles. The molecule has 3 fully saturated rings.